The highest BCUT2D eigenvalue weighted by Crippen LogP contribution is 2.25. The van der Waals surface area contributed by atoms with Gasteiger partial charge in [0, 0.05) is 12.2 Å². The highest BCUT2D eigenvalue weighted by atomic mass is 79.9. The average Bonchev–Trinajstić information content (AvgIpc) is 2.68. The molecule has 5 heteroatoms. The maximum absolute atomic E-state index is 5.82. The highest BCUT2D eigenvalue weighted by molar-refractivity contribution is 9.10. The zero-order valence-electron chi connectivity index (χ0n) is 9.83. The number of hydrogen-bond donors (Lipinski definition) is 0. The van der Waals surface area contributed by atoms with Gasteiger partial charge in [0.15, 0.2) is 0 Å². The molecule has 0 radical (unpaired) electrons. The zero-order chi connectivity index (χ0) is 12.3. The van der Waals surface area contributed by atoms with Crippen molar-refractivity contribution in [1.29, 1.82) is 0 Å². The summed E-state index contributed by atoms with van der Waals surface area (Å²) in [4.78, 5) is 6.54. The number of pyridine rings is 1. The summed E-state index contributed by atoms with van der Waals surface area (Å²) >= 11 is 9.21. The van der Waals surface area contributed by atoms with E-state index in [1.165, 1.54) is 19.4 Å². The molecule has 0 bridgehead atoms. The first-order chi connectivity index (χ1) is 8.16. The van der Waals surface area contributed by atoms with Gasteiger partial charge >= 0.3 is 0 Å². The Bertz CT molecular complexity index is 389. The second-order valence-corrected chi connectivity index (χ2v) is 5.65. The lowest BCUT2D eigenvalue weighted by atomic mass is 10.1. The Morgan fingerprint density at radius 1 is 1.65 bits per heavy atom. The van der Waals surface area contributed by atoms with Crippen molar-refractivity contribution in [2.24, 2.45) is 0 Å². The lowest BCUT2D eigenvalue weighted by molar-refractivity contribution is 0.228. The summed E-state index contributed by atoms with van der Waals surface area (Å²) in [6.07, 6.45) is 5.22. The second-order valence-electron chi connectivity index (χ2n) is 4.35. The fourth-order valence-electron chi connectivity index (χ4n) is 2.14. The summed E-state index contributed by atoms with van der Waals surface area (Å²) in [6, 6.07) is 2.45. The summed E-state index contributed by atoms with van der Waals surface area (Å²) in [5.74, 6) is 0.620. The van der Waals surface area contributed by atoms with Gasteiger partial charge in [0.1, 0.15) is 0 Å². The van der Waals surface area contributed by atoms with E-state index >= 15 is 0 Å². The van der Waals surface area contributed by atoms with Gasteiger partial charge in [-0.3, -0.25) is 0 Å². The van der Waals surface area contributed by atoms with Gasteiger partial charge in [-0.1, -0.05) is 11.6 Å². The zero-order valence-corrected chi connectivity index (χ0v) is 12.2. The molecule has 2 heterocycles. The van der Waals surface area contributed by atoms with Crippen LogP contribution in [0.5, 0.6) is 5.88 Å². The average molecular weight is 320 g/mol. The van der Waals surface area contributed by atoms with E-state index in [0.717, 1.165) is 10.9 Å². The van der Waals surface area contributed by atoms with Crippen LogP contribution in [0.15, 0.2) is 16.7 Å². The first-order valence-electron chi connectivity index (χ1n) is 5.81. The smallest absolute Gasteiger partial charge is 0.228 e. The van der Waals surface area contributed by atoms with Gasteiger partial charge in [0.2, 0.25) is 5.88 Å². The summed E-state index contributed by atoms with van der Waals surface area (Å²) in [6.45, 7) is 1.90. The predicted molar refractivity (Wildman–Crippen MR) is 72.7 cm³/mol. The normalized spacial score (nSPS) is 20.8. The number of ether oxygens (including phenoxy) is 1. The molecule has 94 valence electrons. The molecule has 1 aliphatic rings. The van der Waals surface area contributed by atoms with Crippen LogP contribution in [0.1, 0.15) is 19.3 Å². The van der Waals surface area contributed by atoms with Crippen LogP contribution in [0.3, 0.4) is 0 Å². The van der Waals surface area contributed by atoms with Crippen molar-refractivity contribution in [3.8, 4) is 5.88 Å². The van der Waals surface area contributed by atoms with Crippen LogP contribution < -0.4 is 4.74 Å². The fraction of sp³-hybridized carbons (Fsp3) is 0.583. The monoisotopic (exact) mass is 318 g/mol. The van der Waals surface area contributed by atoms with Crippen molar-refractivity contribution >= 4 is 27.5 Å². The summed E-state index contributed by atoms with van der Waals surface area (Å²) in [5.41, 5.74) is 0. The molecule has 2 rings (SSSR count). The molecule has 1 saturated heterocycles. The molecular weight excluding hydrogens is 304 g/mol. The molecule has 0 amide bonds. The Morgan fingerprint density at radius 3 is 3.12 bits per heavy atom. The number of hydrogen-bond acceptors (Lipinski definition) is 3. The molecule has 1 unspecified atom stereocenters. The van der Waals surface area contributed by atoms with Gasteiger partial charge in [0.05, 0.1) is 16.1 Å². The quantitative estimate of drug-likeness (QED) is 0.851. The van der Waals surface area contributed by atoms with Crippen molar-refractivity contribution in [2.45, 2.75) is 25.3 Å². The van der Waals surface area contributed by atoms with Gasteiger partial charge in [-0.2, -0.15) is 0 Å². The number of rotatable bonds is 4. The fourth-order valence-corrected chi connectivity index (χ4v) is 2.90. The van der Waals surface area contributed by atoms with E-state index in [1.807, 2.05) is 0 Å². The first kappa shape index (κ1) is 13.1. The van der Waals surface area contributed by atoms with Crippen molar-refractivity contribution in [3.05, 3.63) is 21.8 Å². The van der Waals surface area contributed by atoms with Crippen molar-refractivity contribution in [1.82, 2.24) is 9.88 Å². The van der Waals surface area contributed by atoms with Crippen LogP contribution >= 0.6 is 27.5 Å². The second kappa shape index (κ2) is 6.03. The molecule has 3 nitrogen and oxygen atoms in total. The van der Waals surface area contributed by atoms with E-state index in [1.54, 1.807) is 12.3 Å². The van der Waals surface area contributed by atoms with Gasteiger partial charge in [0.25, 0.3) is 0 Å². The number of halogens is 2. The number of nitrogens with zero attached hydrogens (tertiary/aromatic N) is 2. The van der Waals surface area contributed by atoms with E-state index in [2.05, 4.69) is 32.9 Å². The Labute approximate surface area is 115 Å². The molecule has 0 spiro atoms. The van der Waals surface area contributed by atoms with Crippen molar-refractivity contribution in [3.63, 3.8) is 0 Å². The first-order valence-corrected chi connectivity index (χ1v) is 6.98. The molecule has 0 saturated carbocycles. The van der Waals surface area contributed by atoms with E-state index in [4.69, 9.17) is 16.3 Å². The van der Waals surface area contributed by atoms with E-state index < -0.39 is 0 Å². The Kier molecular flexibility index (Phi) is 4.65. The van der Waals surface area contributed by atoms with Crippen LogP contribution in [0.25, 0.3) is 0 Å². The van der Waals surface area contributed by atoms with Crippen LogP contribution in [0.2, 0.25) is 5.02 Å². The van der Waals surface area contributed by atoms with Crippen LogP contribution in [0.4, 0.5) is 0 Å². The van der Waals surface area contributed by atoms with Crippen LogP contribution in [0, 0.1) is 0 Å². The molecule has 0 aromatic carbocycles. The molecule has 1 fully saturated rings. The topological polar surface area (TPSA) is 25.4 Å². The van der Waals surface area contributed by atoms with Gasteiger partial charge in [-0.15, -0.1) is 0 Å². The number of likely N-dealkylation sites (tertiary alicyclic amines) is 1. The minimum absolute atomic E-state index is 0.611. The highest BCUT2D eigenvalue weighted by Gasteiger charge is 2.20. The van der Waals surface area contributed by atoms with Crippen molar-refractivity contribution < 1.29 is 4.74 Å². The third-order valence-corrected chi connectivity index (χ3v) is 3.91. The lowest BCUT2D eigenvalue weighted by Crippen LogP contribution is -2.26. The SMILES string of the molecule is CN1CCCC1CCOc1ncc(Cl)cc1Br. The molecular formula is C12H16BrClN2O. The van der Waals surface area contributed by atoms with Crippen LogP contribution in [-0.2, 0) is 0 Å². The maximum atomic E-state index is 5.82. The third kappa shape index (κ3) is 3.57. The van der Waals surface area contributed by atoms with Crippen molar-refractivity contribution in [2.75, 3.05) is 20.2 Å². The molecule has 17 heavy (non-hydrogen) atoms. The minimum atomic E-state index is 0.611. The molecule has 1 aromatic rings. The standard InChI is InChI=1S/C12H16BrClN2O/c1-16-5-2-3-10(16)4-6-17-12-11(13)7-9(14)8-15-12/h7-8,10H,2-6H2,1H3. The molecule has 1 aliphatic heterocycles. The Balaban J connectivity index is 1.81. The molecule has 1 aromatic heterocycles. The van der Waals surface area contributed by atoms with Gasteiger partial charge < -0.3 is 9.64 Å². The largest absolute Gasteiger partial charge is 0.477 e. The minimum Gasteiger partial charge on any atom is -0.477 e. The maximum Gasteiger partial charge on any atom is 0.228 e. The molecule has 0 N–H and O–H groups in total. The predicted octanol–water partition coefficient (Wildman–Crippen LogP) is 3.36. The van der Waals surface area contributed by atoms with Gasteiger partial charge in [-0.05, 0) is 54.9 Å². The molecule has 0 aliphatic carbocycles. The lowest BCUT2D eigenvalue weighted by Gasteiger charge is -2.19. The Hall–Kier alpha value is -0.320. The Morgan fingerprint density at radius 2 is 2.47 bits per heavy atom. The van der Waals surface area contributed by atoms with Crippen LogP contribution in [-0.4, -0.2) is 36.1 Å². The summed E-state index contributed by atoms with van der Waals surface area (Å²) < 4.78 is 6.47. The summed E-state index contributed by atoms with van der Waals surface area (Å²) in [7, 11) is 2.17. The van der Waals surface area contributed by atoms with E-state index in [9.17, 15) is 0 Å². The third-order valence-electron chi connectivity index (χ3n) is 3.14. The van der Waals surface area contributed by atoms with E-state index in [0.29, 0.717) is 23.6 Å². The summed E-state index contributed by atoms with van der Waals surface area (Å²) in [5, 5.41) is 0.611. The number of aromatic nitrogens is 1. The molecule has 1 atom stereocenters. The van der Waals surface area contributed by atoms with E-state index in [-0.39, 0.29) is 0 Å². The van der Waals surface area contributed by atoms with Gasteiger partial charge in [-0.25, -0.2) is 4.98 Å².